The monoisotopic (exact) mass is 348 g/mol. The van der Waals surface area contributed by atoms with Crippen LogP contribution in [0.15, 0.2) is 0 Å². The van der Waals surface area contributed by atoms with Gasteiger partial charge in [0.25, 0.3) is 0 Å². The summed E-state index contributed by atoms with van der Waals surface area (Å²) in [5.74, 6) is 0.909. The average molecular weight is 348 g/mol. The van der Waals surface area contributed by atoms with E-state index in [0.717, 1.165) is 28.7 Å². The van der Waals surface area contributed by atoms with Gasteiger partial charge in [-0.05, 0) is 32.8 Å². The van der Waals surface area contributed by atoms with Crippen LogP contribution in [-0.4, -0.2) is 53.0 Å². The van der Waals surface area contributed by atoms with Gasteiger partial charge in [-0.1, -0.05) is 0 Å². The lowest BCUT2D eigenvalue weighted by atomic mass is 10.2. The van der Waals surface area contributed by atoms with E-state index in [0.29, 0.717) is 23.1 Å². The van der Waals surface area contributed by atoms with E-state index in [4.69, 9.17) is 4.74 Å². The molecule has 0 aromatic carbocycles. The molecule has 3 heterocycles. The van der Waals surface area contributed by atoms with Gasteiger partial charge < -0.3 is 15.0 Å². The topological polar surface area (TPSA) is 84.4 Å². The van der Waals surface area contributed by atoms with Gasteiger partial charge in [-0.25, -0.2) is 14.8 Å². The number of hydrogen-bond acceptors (Lipinski definition) is 7. The van der Waals surface area contributed by atoms with Crippen molar-refractivity contribution in [3.63, 3.8) is 0 Å². The number of aryl methyl sites for hydroxylation is 2. The fourth-order valence-corrected chi connectivity index (χ4v) is 3.98. The molecular weight excluding hydrogens is 328 g/mol. The molecule has 2 aromatic rings. The summed E-state index contributed by atoms with van der Waals surface area (Å²) in [5.41, 5.74) is 0.787. The molecule has 2 aromatic heterocycles. The van der Waals surface area contributed by atoms with Gasteiger partial charge >= 0.3 is 5.97 Å². The smallest absolute Gasteiger partial charge is 0.348 e. The molecule has 1 amide bonds. The standard InChI is InChI=1S/C16H20N4O3S/c1-5-23-16(22)12-8(2)11-13(17-9(3)18-14(11)24-12)19-10-6-7-20(4)15(10)21/h10H,5-7H2,1-4H3,(H,17,18,19). The van der Waals surface area contributed by atoms with Crippen molar-refractivity contribution in [1.82, 2.24) is 14.9 Å². The first-order chi connectivity index (χ1) is 11.4. The van der Waals surface area contributed by atoms with Gasteiger partial charge in [-0.2, -0.15) is 0 Å². The van der Waals surface area contributed by atoms with Gasteiger partial charge in [0, 0.05) is 13.6 Å². The molecule has 3 rings (SSSR count). The number of ether oxygens (including phenoxy) is 1. The zero-order valence-corrected chi connectivity index (χ0v) is 15.0. The Labute approximate surface area is 144 Å². The molecule has 7 nitrogen and oxygen atoms in total. The summed E-state index contributed by atoms with van der Waals surface area (Å²) in [6, 6.07) is -0.294. The number of nitrogens with one attached hydrogen (secondary N) is 1. The Hall–Kier alpha value is -2.22. The Morgan fingerprint density at radius 3 is 2.79 bits per heavy atom. The molecule has 1 N–H and O–H groups in total. The molecule has 128 valence electrons. The van der Waals surface area contributed by atoms with Crippen LogP contribution in [0.4, 0.5) is 5.82 Å². The lowest BCUT2D eigenvalue weighted by Gasteiger charge is -2.14. The van der Waals surface area contributed by atoms with Crippen molar-refractivity contribution in [3.8, 4) is 0 Å². The molecule has 8 heteroatoms. The maximum Gasteiger partial charge on any atom is 0.348 e. The second-order valence-electron chi connectivity index (χ2n) is 5.82. The molecule has 1 unspecified atom stereocenters. The number of likely N-dealkylation sites (N-methyl/N-ethyl adjacent to an activating group) is 1. The number of aromatic nitrogens is 2. The minimum Gasteiger partial charge on any atom is -0.462 e. The summed E-state index contributed by atoms with van der Waals surface area (Å²) < 4.78 is 5.12. The van der Waals surface area contributed by atoms with E-state index in [-0.39, 0.29) is 17.9 Å². The number of nitrogens with zero attached hydrogens (tertiary/aromatic N) is 3. The van der Waals surface area contributed by atoms with Crippen molar-refractivity contribution in [2.45, 2.75) is 33.2 Å². The van der Waals surface area contributed by atoms with Crippen LogP contribution < -0.4 is 5.32 Å². The summed E-state index contributed by atoms with van der Waals surface area (Å²) in [6.45, 7) is 6.48. The lowest BCUT2D eigenvalue weighted by molar-refractivity contribution is -0.127. The fraction of sp³-hybridized carbons (Fsp3) is 0.500. The quantitative estimate of drug-likeness (QED) is 0.852. The normalized spacial score (nSPS) is 17.6. The second kappa shape index (κ2) is 6.35. The number of fused-ring (bicyclic) bond motifs is 1. The molecular formula is C16H20N4O3S. The second-order valence-corrected chi connectivity index (χ2v) is 6.82. The van der Waals surface area contributed by atoms with E-state index in [9.17, 15) is 9.59 Å². The number of thiophene rings is 1. The zero-order chi connectivity index (χ0) is 17.4. The van der Waals surface area contributed by atoms with Crippen LogP contribution in [0.1, 0.15) is 34.4 Å². The van der Waals surface area contributed by atoms with E-state index in [2.05, 4.69) is 15.3 Å². The molecule has 0 bridgehead atoms. The summed E-state index contributed by atoms with van der Waals surface area (Å²) in [5, 5.41) is 4.03. The highest BCUT2D eigenvalue weighted by atomic mass is 32.1. The van der Waals surface area contributed by atoms with Crippen LogP contribution in [0, 0.1) is 13.8 Å². The van der Waals surface area contributed by atoms with E-state index >= 15 is 0 Å². The minimum absolute atomic E-state index is 0.0536. The van der Waals surface area contributed by atoms with Gasteiger partial charge in [0.2, 0.25) is 5.91 Å². The van der Waals surface area contributed by atoms with Crippen LogP contribution in [0.5, 0.6) is 0 Å². The van der Waals surface area contributed by atoms with Crippen LogP contribution in [0.25, 0.3) is 10.2 Å². The zero-order valence-electron chi connectivity index (χ0n) is 14.2. The van der Waals surface area contributed by atoms with Crippen LogP contribution in [-0.2, 0) is 9.53 Å². The van der Waals surface area contributed by atoms with Gasteiger partial charge in [-0.15, -0.1) is 11.3 Å². The van der Waals surface area contributed by atoms with Gasteiger partial charge in [0.15, 0.2) is 0 Å². The van der Waals surface area contributed by atoms with Gasteiger partial charge in [0.1, 0.15) is 27.4 Å². The number of carbonyl (C=O) groups excluding carboxylic acids is 2. The van der Waals surface area contributed by atoms with Crippen molar-refractivity contribution in [1.29, 1.82) is 0 Å². The van der Waals surface area contributed by atoms with Crippen LogP contribution in [0.2, 0.25) is 0 Å². The molecule has 0 radical (unpaired) electrons. The van der Waals surface area contributed by atoms with Crippen molar-refractivity contribution < 1.29 is 14.3 Å². The highest BCUT2D eigenvalue weighted by Crippen LogP contribution is 2.35. The van der Waals surface area contributed by atoms with Crippen molar-refractivity contribution in [2.24, 2.45) is 0 Å². The molecule has 0 saturated carbocycles. The number of hydrogen-bond donors (Lipinski definition) is 1. The Balaban J connectivity index is 2.04. The number of rotatable bonds is 4. The summed E-state index contributed by atoms with van der Waals surface area (Å²) in [7, 11) is 1.79. The third kappa shape index (κ3) is 2.82. The molecule has 1 saturated heterocycles. The number of likely N-dealkylation sites (tertiary alicyclic amines) is 1. The van der Waals surface area contributed by atoms with Crippen molar-refractivity contribution in [3.05, 3.63) is 16.3 Å². The molecule has 1 fully saturated rings. The molecule has 1 atom stereocenters. The maximum absolute atomic E-state index is 12.2. The first-order valence-electron chi connectivity index (χ1n) is 7.88. The predicted octanol–water partition coefficient (Wildman–Crippen LogP) is 2.13. The van der Waals surface area contributed by atoms with Crippen LogP contribution >= 0.6 is 11.3 Å². The Kier molecular flexibility index (Phi) is 4.40. The molecule has 1 aliphatic heterocycles. The third-order valence-corrected chi connectivity index (χ3v) is 5.27. The van der Waals surface area contributed by atoms with Crippen molar-refractivity contribution in [2.75, 3.05) is 25.5 Å². The largest absolute Gasteiger partial charge is 0.462 e. The number of carbonyl (C=O) groups is 2. The van der Waals surface area contributed by atoms with E-state index in [1.165, 1.54) is 11.3 Å². The Bertz CT molecular complexity index is 817. The number of esters is 1. The van der Waals surface area contributed by atoms with Crippen LogP contribution in [0.3, 0.4) is 0 Å². The van der Waals surface area contributed by atoms with Gasteiger partial charge in [-0.3, -0.25) is 4.79 Å². The number of amides is 1. The number of anilines is 1. The Morgan fingerprint density at radius 2 is 2.17 bits per heavy atom. The first kappa shape index (κ1) is 16.6. The third-order valence-electron chi connectivity index (χ3n) is 4.10. The molecule has 0 aliphatic carbocycles. The summed E-state index contributed by atoms with van der Waals surface area (Å²) in [6.07, 6.45) is 0.730. The highest BCUT2D eigenvalue weighted by molar-refractivity contribution is 7.20. The highest BCUT2D eigenvalue weighted by Gasteiger charge is 2.30. The molecule has 1 aliphatic rings. The average Bonchev–Trinajstić information content (AvgIpc) is 3.02. The van der Waals surface area contributed by atoms with Gasteiger partial charge in [0.05, 0.1) is 12.0 Å². The lowest BCUT2D eigenvalue weighted by Crippen LogP contribution is -2.31. The summed E-state index contributed by atoms with van der Waals surface area (Å²) in [4.78, 5) is 36.2. The first-order valence-corrected chi connectivity index (χ1v) is 8.70. The van der Waals surface area contributed by atoms with E-state index < -0.39 is 0 Å². The summed E-state index contributed by atoms with van der Waals surface area (Å²) >= 11 is 1.30. The van der Waals surface area contributed by atoms with E-state index in [1.54, 1.807) is 25.8 Å². The maximum atomic E-state index is 12.2. The molecule has 0 spiro atoms. The SMILES string of the molecule is CCOC(=O)c1sc2nc(C)nc(NC3CCN(C)C3=O)c2c1C. The van der Waals surface area contributed by atoms with Crippen molar-refractivity contribution >= 4 is 39.2 Å². The fourth-order valence-electron chi connectivity index (χ4n) is 2.86. The minimum atomic E-state index is -0.349. The Morgan fingerprint density at radius 1 is 1.42 bits per heavy atom. The van der Waals surface area contributed by atoms with E-state index in [1.807, 2.05) is 6.92 Å². The predicted molar refractivity (Wildman–Crippen MR) is 92.5 cm³/mol. The molecule has 24 heavy (non-hydrogen) atoms.